The highest BCUT2D eigenvalue weighted by Crippen LogP contribution is 2.14. The van der Waals surface area contributed by atoms with E-state index in [0.29, 0.717) is 0 Å². The van der Waals surface area contributed by atoms with Gasteiger partial charge in [-0.3, -0.25) is 0 Å². The Labute approximate surface area is 310 Å². The lowest BCUT2D eigenvalue weighted by molar-refractivity contribution is 0.125. The molecule has 0 unspecified atom stereocenters. The van der Waals surface area contributed by atoms with Crippen molar-refractivity contribution in [2.75, 3.05) is 26.4 Å². The summed E-state index contributed by atoms with van der Waals surface area (Å²) in [5.41, 5.74) is 0. The standard InChI is InChI=1S/C47H92O2/c1-3-5-7-9-11-13-15-17-19-20-22-25-29-33-37-41-45-49-47-43-39-35-31-27-23-26-30-34-38-42-46-48-44-40-36-32-28-24-21-18-16-14-12-10-8-6-4-2/h14,16-17,19H,3-13,15,18,20-47H2,1-2H3. The predicted molar refractivity (Wildman–Crippen MR) is 222 cm³/mol. The van der Waals surface area contributed by atoms with Gasteiger partial charge in [0.2, 0.25) is 0 Å². The SMILES string of the molecule is CCCCCCC=CCCCCCCCCOCCCCCCCCCCCCCOCCCCCCCCC=CCCCCCCCC. The summed E-state index contributed by atoms with van der Waals surface area (Å²) in [5, 5.41) is 0. The first-order valence-corrected chi connectivity index (χ1v) is 22.9. The topological polar surface area (TPSA) is 18.5 Å². The van der Waals surface area contributed by atoms with E-state index in [1.165, 1.54) is 238 Å². The number of unbranched alkanes of at least 4 members (excludes halogenated alkanes) is 32. The molecule has 0 aliphatic carbocycles. The average molecular weight is 689 g/mol. The maximum atomic E-state index is 5.89. The van der Waals surface area contributed by atoms with Crippen LogP contribution in [0.25, 0.3) is 0 Å². The van der Waals surface area contributed by atoms with Crippen molar-refractivity contribution in [3.8, 4) is 0 Å². The number of ether oxygens (including phenoxy) is 2. The smallest absolute Gasteiger partial charge is 0.0466 e. The van der Waals surface area contributed by atoms with Crippen LogP contribution in [-0.2, 0) is 9.47 Å². The Balaban J connectivity index is 3.08. The highest BCUT2D eigenvalue weighted by Gasteiger charge is 1.97. The molecule has 2 nitrogen and oxygen atoms in total. The van der Waals surface area contributed by atoms with Crippen LogP contribution >= 0.6 is 0 Å². The van der Waals surface area contributed by atoms with E-state index in [2.05, 4.69) is 38.2 Å². The fraction of sp³-hybridized carbons (Fsp3) is 0.915. The molecule has 0 saturated carbocycles. The quantitative estimate of drug-likeness (QED) is 0.0468. The van der Waals surface area contributed by atoms with Crippen molar-refractivity contribution < 1.29 is 9.47 Å². The van der Waals surface area contributed by atoms with E-state index in [4.69, 9.17) is 9.47 Å². The molecule has 0 N–H and O–H groups in total. The fourth-order valence-corrected chi connectivity index (χ4v) is 6.75. The molecular weight excluding hydrogens is 597 g/mol. The van der Waals surface area contributed by atoms with Gasteiger partial charge in [0.25, 0.3) is 0 Å². The van der Waals surface area contributed by atoms with Crippen LogP contribution in [0.1, 0.15) is 251 Å². The Bertz CT molecular complexity index is 611. The first-order valence-electron chi connectivity index (χ1n) is 22.9. The zero-order valence-electron chi connectivity index (χ0n) is 34.1. The number of hydrogen-bond acceptors (Lipinski definition) is 2. The molecule has 0 aliphatic heterocycles. The number of rotatable bonds is 44. The summed E-state index contributed by atoms with van der Waals surface area (Å²) in [6.45, 7) is 8.49. The predicted octanol–water partition coefficient (Wildman–Crippen LogP) is 16.6. The van der Waals surface area contributed by atoms with Crippen LogP contribution in [0.15, 0.2) is 24.3 Å². The molecule has 0 aromatic rings. The Morgan fingerprint density at radius 2 is 0.408 bits per heavy atom. The van der Waals surface area contributed by atoms with Crippen molar-refractivity contribution in [3.63, 3.8) is 0 Å². The molecule has 0 rings (SSSR count). The Morgan fingerprint density at radius 3 is 0.653 bits per heavy atom. The van der Waals surface area contributed by atoms with Gasteiger partial charge in [-0.05, 0) is 77.0 Å². The summed E-state index contributed by atoms with van der Waals surface area (Å²) in [6.07, 6.45) is 60.2. The third-order valence-electron chi connectivity index (χ3n) is 10.2. The van der Waals surface area contributed by atoms with Gasteiger partial charge >= 0.3 is 0 Å². The Morgan fingerprint density at radius 1 is 0.224 bits per heavy atom. The van der Waals surface area contributed by atoms with Gasteiger partial charge < -0.3 is 9.47 Å². The highest BCUT2D eigenvalue weighted by atomic mass is 16.5. The first kappa shape index (κ1) is 48.4. The lowest BCUT2D eigenvalue weighted by atomic mass is 10.1. The minimum atomic E-state index is 0.977. The molecule has 0 spiro atoms. The third kappa shape index (κ3) is 47.4. The largest absolute Gasteiger partial charge is 0.381 e. The van der Waals surface area contributed by atoms with Gasteiger partial charge in [-0.25, -0.2) is 0 Å². The van der Waals surface area contributed by atoms with Crippen molar-refractivity contribution >= 4 is 0 Å². The molecular formula is C47H92O2. The van der Waals surface area contributed by atoms with E-state index in [1.54, 1.807) is 0 Å². The van der Waals surface area contributed by atoms with Crippen LogP contribution in [0.2, 0.25) is 0 Å². The molecule has 292 valence electrons. The van der Waals surface area contributed by atoms with Crippen LogP contribution < -0.4 is 0 Å². The van der Waals surface area contributed by atoms with Crippen molar-refractivity contribution in [1.82, 2.24) is 0 Å². The average Bonchev–Trinajstić information content (AvgIpc) is 3.11. The van der Waals surface area contributed by atoms with Crippen molar-refractivity contribution in [3.05, 3.63) is 24.3 Å². The first-order chi connectivity index (χ1) is 24.4. The summed E-state index contributed by atoms with van der Waals surface area (Å²) in [4.78, 5) is 0. The van der Waals surface area contributed by atoms with Gasteiger partial charge in [-0.15, -0.1) is 0 Å². The normalized spacial score (nSPS) is 12.0. The minimum Gasteiger partial charge on any atom is -0.381 e. The summed E-state index contributed by atoms with van der Waals surface area (Å²) in [6, 6.07) is 0. The van der Waals surface area contributed by atoms with E-state index < -0.39 is 0 Å². The van der Waals surface area contributed by atoms with Gasteiger partial charge in [-0.2, -0.15) is 0 Å². The van der Waals surface area contributed by atoms with Crippen LogP contribution in [0.4, 0.5) is 0 Å². The summed E-state index contributed by atoms with van der Waals surface area (Å²) < 4.78 is 11.8. The second kappa shape index (κ2) is 47.4. The molecule has 0 aromatic heterocycles. The molecule has 0 aromatic carbocycles. The van der Waals surface area contributed by atoms with Gasteiger partial charge in [0.05, 0.1) is 0 Å². The van der Waals surface area contributed by atoms with E-state index in [9.17, 15) is 0 Å². The minimum absolute atomic E-state index is 0.977. The van der Waals surface area contributed by atoms with Crippen LogP contribution in [-0.4, -0.2) is 26.4 Å². The van der Waals surface area contributed by atoms with Gasteiger partial charge in [0.15, 0.2) is 0 Å². The number of hydrogen-bond donors (Lipinski definition) is 0. The molecule has 2 heteroatoms. The van der Waals surface area contributed by atoms with Gasteiger partial charge in [0.1, 0.15) is 0 Å². The lowest BCUT2D eigenvalue weighted by Gasteiger charge is -2.06. The summed E-state index contributed by atoms with van der Waals surface area (Å²) in [5.74, 6) is 0. The van der Waals surface area contributed by atoms with Gasteiger partial charge in [-0.1, -0.05) is 199 Å². The molecule has 49 heavy (non-hydrogen) atoms. The molecule has 0 amide bonds. The number of allylic oxidation sites excluding steroid dienone is 4. The van der Waals surface area contributed by atoms with Crippen LogP contribution in [0.3, 0.4) is 0 Å². The molecule has 0 atom stereocenters. The maximum absolute atomic E-state index is 5.89. The highest BCUT2D eigenvalue weighted by molar-refractivity contribution is 4.82. The third-order valence-corrected chi connectivity index (χ3v) is 10.2. The zero-order chi connectivity index (χ0) is 35.2. The van der Waals surface area contributed by atoms with E-state index in [-0.39, 0.29) is 0 Å². The molecule has 0 bridgehead atoms. The molecule has 0 radical (unpaired) electrons. The molecule has 0 aliphatic rings. The van der Waals surface area contributed by atoms with E-state index in [0.717, 1.165) is 26.4 Å². The van der Waals surface area contributed by atoms with Crippen LogP contribution in [0.5, 0.6) is 0 Å². The molecule has 0 saturated heterocycles. The second-order valence-electron chi connectivity index (χ2n) is 15.3. The Kier molecular flexibility index (Phi) is 46.8. The zero-order valence-corrected chi connectivity index (χ0v) is 34.1. The van der Waals surface area contributed by atoms with Crippen molar-refractivity contribution in [2.24, 2.45) is 0 Å². The van der Waals surface area contributed by atoms with E-state index >= 15 is 0 Å². The van der Waals surface area contributed by atoms with Crippen molar-refractivity contribution in [2.45, 2.75) is 251 Å². The summed E-state index contributed by atoms with van der Waals surface area (Å²) >= 11 is 0. The van der Waals surface area contributed by atoms with E-state index in [1.807, 2.05) is 0 Å². The van der Waals surface area contributed by atoms with Crippen molar-refractivity contribution in [1.29, 1.82) is 0 Å². The lowest BCUT2D eigenvalue weighted by Crippen LogP contribution is -1.97. The monoisotopic (exact) mass is 689 g/mol. The molecule has 0 heterocycles. The summed E-state index contributed by atoms with van der Waals surface area (Å²) in [7, 11) is 0. The van der Waals surface area contributed by atoms with Gasteiger partial charge in [0, 0.05) is 26.4 Å². The maximum Gasteiger partial charge on any atom is 0.0466 e. The van der Waals surface area contributed by atoms with Crippen LogP contribution in [0, 0.1) is 0 Å². The fourth-order valence-electron chi connectivity index (χ4n) is 6.75. The Hall–Kier alpha value is -0.600. The molecule has 0 fully saturated rings. The second-order valence-corrected chi connectivity index (χ2v) is 15.3.